The SMILES string of the molecule is Cl.OC1(C2CCC2)CNC1. The lowest BCUT2D eigenvalue weighted by Gasteiger charge is -2.47. The van der Waals surface area contributed by atoms with Gasteiger partial charge in [0, 0.05) is 13.1 Å². The van der Waals surface area contributed by atoms with Gasteiger partial charge in [-0.3, -0.25) is 0 Å². The Morgan fingerprint density at radius 1 is 1.30 bits per heavy atom. The van der Waals surface area contributed by atoms with Crippen LogP contribution in [0.4, 0.5) is 0 Å². The van der Waals surface area contributed by atoms with Gasteiger partial charge in [0.05, 0.1) is 5.60 Å². The summed E-state index contributed by atoms with van der Waals surface area (Å²) in [5.74, 6) is 0.624. The molecule has 0 amide bonds. The number of hydrogen-bond donors (Lipinski definition) is 2. The summed E-state index contributed by atoms with van der Waals surface area (Å²) in [6.45, 7) is 1.66. The quantitative estimate of drug-likeness (QED) is 0.592. The summed E-state index contributed by atoms with van der Waals surface area (Å²) >= 11 is 0. The fourth-order valence-electron chi connectivity index (χ4n) is 1.62. The van der Waals surface area contributed by atoms with Crippen LogP contribution in [0, 0.1) is 5.92 Å². The highest BCUT2D eigenvalue weighted by Crippen LogP contribution is 2.37. The highest BCUT2D eigenvalue weighted by molar-refractivity contribution is 5.85. The third-order valence-electron chi connectivity index (χ3n) is 2.73. The van der Waals surface area contributed by atoms with Gasteiger partial charge in [-0.2, -0.15) is 0 Å². The van der Waals surface area contributed by atoms with Gasteiger partial charge in [-0.05, 0) is 18.8 Å². The van der Waals surface area contributed by atoms with Gasteiger partial charge in [0.25, 0.3) is 0 Å². The molecule has 0 aromatic carbocycles. The lowest BCUT2D eigenvalue weighted by molar-refractivity contribution is -0.0876. The first kappa shape index (κ1) is 8.31. The average molecular weight is 164 g/mol. The Labute approximate surface area is 67.4 Å². The van der Waals surface area contributed by atoms with Crippen LogP contribution < -0.4 is 5.32 Å². The van der Waals surface area contributed by atoms with E-state index in [0.29, 0.717) is 5.92 Å². The second-order valence-electron chi connectivity index (χ2n) is 3.33. The van der Waals surface area contributed by atoms with Crippen molar-refractivity contribution in [2.75, 3.05) is 13.1 Å². The molecule has 2 N–H and O–H groups in total. The van der Waals surface area contributed by atoms with Crippen molar-refractivity contribution in [1.29, 1.82) is 0 Å². The molecule has 1 aliphatic carbocycles. The van der Waals surface area contributed by atoms with Crippen LogP contribution in [-0.2, 0) is 0 Å². The predicted octanol–water partition coefficient (Wildman–Crippen LogP) is 0.543. The first-order valence-corrected chi connectivity index (χ1v) is 3.74. The van der Waals surface area contributed by atoms with Crippen LogP contribution in [0.25, 0.3) is 0 Å². The van der Waals surface area contributed by atoms with E-state index in [1.165, 1.54) is 19.3 Å². The van der Waals surface area contributed by atoms with Crippen molar-refractivity contribution in [3.05, 3.63) is 0 Å². The zero-order valence-electron chi connectivity index (χ0n) is 5.97. The van der Waals surface area contributed by atoms with Gasteiger partial charge in [-0.15, -0.1) is 12.4 Å². The van der Waals surface area contributed by atoms with Crippen LogP contribution in [-0.4, -0.2) is 23.8 Å². The van der Waals surface area contributed by atoms with Crippen molar-refractivity contribution in [2.45, 2.75) is 24.9 Å². The molecule has 1 aliphatic heterocycles. The fourth-order valence-corrected chi connectivity index (χ4v) is 1.62. The summed E-state index contributed by atoms with van der Waals surface area (Å²) < 4.78 is 0. The molecule has 2 fully saturated rings. The van der Waals surface area contributed by atoms with Crippen molar-refractivity contribution in [3.8, 4) is 0 Å². The van der Waals surface area contributed by atoms with Crippen LogP contribution in [0.15, 0.2) is 0 Å². The van der Waals surface area contributed by atoms with Gasteiger partial charge in [-0.1, -0.05) is 6.42 Å². The van der Waals surface area contributed by atoms with E-state index < -0.39 is 0 Å². The first-order chi connectivity index (χ1) is 4.31. The Hall–Kier alpha value is 0.210. The van der Waals surface area contributed by atoms with E-state index in [1.54, 1.807) is 0 Å². The second-order valence-corrected chi connectivity index (χ2v) is 3.33. The van der Waals surface area contributed by atoms with Crippen molar-refractivity contribution in [3.63, 3.8) is 0 Å². The molecule has 1 saturated heterocycles. The average Bonchev–Trinajstić information content (AvgIpc) is 1.56. The molecule has 0 radical (unpaired) electrons. The van der Waals surface area contributed by atoms with Crippen molar-refractivity contribution >= 4 is 12.4 Å². The largest absolute Gasteiger partial charge is 0.387 e. The van der Waals surface area contributed by atoms with Crippen molar-refractivity contribution in [1.82, 2.24) is 5.32 Å². The smallest absolute Gasteiger partial charge is 0.0923 e. The summed E-state index contributed by atoms with van der Waals surface area (Å²) in [6, 6.07) is 0. The number of β-amino-alcohol motifs (C(OH)–C–C–N with tert-alkyl or cyclic N) is 1. The van der Waals surface area contributed by atoms with Gasteiger partial charge >= 0.3 is 0 Å². The molecule has 0 atom stereocenters. The molecule has 2 aliphatic rings. The molecule has 1 saturated carbocycles. The van der Waals surface area contributed by atoms with Crippen molar-refractivity contribution in [2.24, 2.45) is 5.92 Å². The zero-order chi connectivity index (χ0) is 6.32. The lowest BCUT2D eigenvalue weighted by atomic mass is 9.70. The number of halogens is 1. The molecule has 0 aromatic heterocycles. The van der Waals surface area contributed by atoms with E-state index in [-0.39, 0.29) is 18.0 Å². The maximum Gasteiger partial charge on any atom is 0.0923 e. The minimum absolute atomic E-state index is 0. The standard InChI is InChI=1S/C7H13NO.ClH/c9-7(4-8-5-7)6-2-1-3-6;/h6,8-9H,1-5H2;1H. The van der Waals surface area contributed by atoms with Crippen LogP contribution >= 0.6 is 12.4 Å². The first-order valence-electron chi connectivity index (χ1n) is 3.74. The van der Waals surface area contributed by atoms with E-state index in [2.05, 4.69) is 5.32 Å². The van der Waals surface area contributed by atoms with Crippen LogP contribution in [0.3, 0.4) is 0 Å². The summed E-state index contributed by atoms with van der Waals surface area (Å²) in [6.07, 6.45) is 3.82. The molecular weight excluding hydrogens is 150 g/mol. The molecular formula is C7H14ClNO. The molecule has 0 aromatic rings. The summed E-state index contributed by atoms with van der Waals surface area (Å²) in [4.78, 5) is 0. The van der Waals surface area contributed by atoms with E-state index in [9.17, 15) is 5.11 Å². The Kier molecular flexibility index (Phi) is 2.23. The predicted molar refractivity (Wildman–Crippen MR) is 42.4 cm³/mol. The number of aliphatic hydroxyl groups is 1. The third-order valence-corrected chi connectivity index (χ3v) is 2.73. The van der Waals surface area contributed by atoms with Gasteiger partial charge in [-0.25, -0.2) is 0 Å². The molecule has 3 heteroatoms. The second kappa shape index (κ2) is 2.68. The van der Waals surface area contributed by atoms with E-state index in [4.69, 9.17) is 0 Å². The maximum absolute atomic E-state index is 9.67. The van der Waals surface area contributed by atoms with Gasteiger partial charge in [0.15, 0.2) is 0 Å². The van der Waals surface area contributed by atoms with Gasteiger partial charge in [0.2, 0.25) is 0 Å². The minimum atomic E-state index is -0.293. The van der Waals surface area contributed by atoms with E-state index in [1.807, 2.05) is 0 Å². The van der Waals surface area contributed by atoms with Crippen molar-refractivity contribution < 1.29 is 5.11 Å². The summed E-state index contributed by atoms with van der Waals surface area (Å²) in [5.41, 5.74) is -0.293. The number of hydrogen-bond acceptors (Lipinski definition) is 2. The molecule has 2 rings (SSSR count). The Morgan fingerprint density at radius 3 is 2.00 bits per heavy atom. The molecule has 60 valence electrons. The molecule has 0 spiro atoms. The van der Waals surface area contributed by atoms with Gasteiger partial charge < -0.3 is 10.4 Å². The molecule has 1 heterocycles. The van der Waals surface area contributed by atoms with E-state index in [0.717, 1.165) is 13.1 Å². The Bertz CT molecular complexity index is 121. The number of nitrogens with one attached hydrogen (secondary N) is 1. The maximum atomic E-state index is 9.67. The Morgan fingerprint density at radius 2 is 1.90 bits per heavy atom. The van der Waals surface area contributed by atoms with Crippen LogP contribution in [0.5, 0.6) is 0 Å². The van der Waals surface area contributed by atoms with Gasteiger partial charge in [0.1, 0.15) is 0 Å². The lowest BCUT2D eigenvalue weighted by Crippen LogP contribution is -2.64. The van der Waals surface area contributed by atoms with Crippen LogP contribution in [0.1, 0.15) is 19.3 Å². The normalized spacial score (nSPS) is 29.7. The highest BCUT2D eigenvalue weighted by atomic mass is 35.5. The Balaban J connectivity index is 0.000000500. The fraction of sp³-hybridized carbons (Fsp3) is 1.00. The van der Waals surface area contributed by atoms with Crippen LogP contribution in [0.2, 0.25) is 0 Å². The third kappa shape index (κ3) is 1.04. The zero-order valence-corrected chi connectivity index (χ0v) is 6.78. The summed E-state index contributed by atoms with van der Waals surface area (Å²) in [5, 5.41) is 12.8. The molecule has 2 nitrogen and oxygen atoms in total. The number of rotatable bonds is 1. The topological polar surface area (TPSA) is 32.3 Å². The molecule has 0 bridgehead atoms. The summed E-state index contributed by atoms with van der Waals surface area (Å²) in [7, 11) is 0. The highest BCUT2D eigenvalue weighted by Gasteiger charge is 2.44. The molecule has 0 unspecified atom stereocenters. The molecule has 10 heavy (non-hydrogen) atoms. The minimum Gasteiger partial charge on any atom is -0.387 e. The monoisotopic (exact) mass is 163 g/mol. The van der Waals surface area contributed by atoms with E-state index >= 15 is 0 Å².